The van der Waals surface area contributed by atoms with Crippen LogP contribution in [0.1, 0.15) is 17.7 Å². The molecule has 3 aromatic heterocycles. The van der Waals surface area contributed by atoms with Crippen LogP contribution in [0.4, 0.5) is 5.95 Å². The molecule has 0 fully saturated rings. The normalized spacial score (nSPS) is 13.6. The Labute approximate surface area is 183 Å². The summed E-state index contributed by atoms with van der Waals surface area (Å²) in [4.78, 5) is 18.7. The third-order valence-corrected chi connectivity index (χ3v) is 6.12. The zero-order valence-electron chi connectivity index (χ0n) is 16.8. The van der Waals surface area contributed by atoms with Gasteiger partial charge < -0.3 is 10.5 Å². The Morgan fingerprint density at radius 2 is 2.30 bits per heavy atom. The monoisotopic (exact) mass is 443 g/mol. The van der Waals surface area contributed by atoms with Crippen molar-refractivity contribution >= 4 is 40.9 Å². The van der Waals surface area contributed by atoms with Gasteiger partial charge in [0.25, 0.3) is 5.95 Å². The van der Waals surface area contributed by atoms with E-state index in [0.717, 1.165) is 45.9 Å². The summed E-state index contributed by atoms with van der Waals surface area (Å²) >= 11 is 8.02. The van der Waals surface area contributed by atoms with Gasteiger partial charge in [0, 0.05) is 33.0 Å². The summed E-state index contributed by atoms with van der Waals surface area (Å²) < 4.78 is 6.84. The van der Waals surface area contributed by atoms with Crippen molar-refractivity contribution in [3.8, 4) is 21.8 Å². The van der Waals surface area contributed by atoms with Gasteiger partial charge in [0.2, 0.25) is 0 Å². The summed E-state index contributed by atoms with van der Waals surface area (Å²) in [5.41, 5.74) is 10.9. The number of fused-ring (bicyclic) bond motifs is 3. The van der Waals surface area contributed by atoms with Crippen molar-refractivity contribution in [1.29, 1.82) is 0 Å². The number of thiophene rings is 1. The van der Waals surface area contributed by atoms with Gasteiger partial charge >= 0.3 is 0 Å². The zero-order valence-corrected chi connectivity index (χ0v) is 18.4. The minimum absolute atomic E-state index is 0.330. The highest BCUT2D eigenvalue weighted by Gasteiger charge is 2.28. The molecule has 2 N–H and O–H groups in total. The minimum Gasteiger partial charge on any atom is -0.387 e. The number of methoxy groups -OCH3 is 1. The van der Waals surface area contributed by atoms with Gasteiger partial charge in [-0.3, -0.25) is 9.67 Å². The van der Waals surface area contributed by atoms with Crippen molar-refractivity contribution in [2.24, 2.45) is 22.8 Å². The van der Waals surface area contributed by atoms with E-state index in [0.29, 0.717) is 36.4 Å². The maximum atomic E-state index is 6.43. The lowest BCUT2D eigenvalue weighted by molar-refractivity contribution is 0.208. The van der Waals surface area contributed by atoms with Crippen LogP contribution in [-0.4, -0.2) is 52.1 Å². The number of aromatic nitrogens is 4. The number of aryl methyl sites for hydroxylation is 3. The molecule has 0 atom stereocenters. The minimum atomic E-state index is 0.330. The van der Waals surface area contributed by atoms with Gasteiger partial charge in [0.15, 0.2) is 0 Å². The van der Waals surface area contributed by atoms with Gasteiger partial charge in [0.05, 0.1) is 45.7 Å². The molecule has 0 radical (unpaired) electrons. The molecule has 30 heavy (non-hydrogen) atoms. The molecule has 0 unspecified atom stereocenters. The highest BCUT2D eigenvalue weighted by atomic mass is 35.5. The van der Waals surface area contributed by atoms with E-state index in [9.17, 15) is 0 Å². The van der Waals surface area contributed by atoms with E-state index < -0.39 is 0 Å². The SMILES string of the molecule is COCCN=CCC(N)=Nc1ncc2c(n1)-c1c(nn(C)c1-c1sccc1Cl)CC2. The van der Waals surface area contributed by atoms with E-state index in [1.807, 2.05) is 29.4 Å². The van der Waals surface area contributed by atoms with Crippen molar-refractivity contribution < 1.29 is 4.74 Å². The van der Waals surface area contributed by atoms with Crippen molar-refractivity contribution in [3.63, 3.8) is 0 Å². The molecular formula is C20H22ClN7OS. The average Bonchev–Trinajstić information content (AvgIpc) is 3.29. The Hall–Kier alpha value is -2.62. The summed E-state index contributed by atoms with van der Waals surface area (Å²) in [7, 11) is 3.58. The number of hydrogen-bond acceptors (Lipinski definition) is 7. The van der Waals surface area contributed by atoms with E-state index in [2.05, 4.69) is 15.0 Å². The van der Waals surface area contributed by atoms with Crippen LogP contribution < -0.4 is 5.73 Å². The maximum absolute atomic E-state index is 6.43. The first-order valence-electron chi connectivity index (χ1n) is 9.54. The molecule has 0 bridgehead atoms. The van der Waals surface area contributed by atoms with Crippen molar-refractivity contribution in [2.45, 2.75) is 19.3 Å². The van der Waals surface area contributed by atoms with Crippen molar-refractivity contribution in [2.75, 3.05) is 20.3 Å². The zero-order chi connectivity index (χ0) is 21.1. The number of amidine groups is 1. The Kier molecular flexibility index (Phi) is 6.21. The van der Waals surface area contributed by atoms with Crippen molar-refractivity contribution in [1.82, 2.24) is 19.7 Å². The molecule has 4 rings (SSSR count). The van der Waals surface area contributed by atoms with Crippen LogP contribution in [0.5, 0.6) is 0 Å². The lowest BCUT2D eigenvalue weighted by Crippen LogP contribution is -2.12. The molecule has 0 spiro atoms. The van der Waals surface area contributed by atoms with Crippen LogP contribution in [0.15, 0.2) is 27.6 Å². The van der Waals surface area contributed by atoms with E-state index in [4.69, 9.17) is 32.2 Å². The Balaban J connectivity index is 1.68. The average molecular weight is 444 g/mol. The van der Waals surface area contributed by atoms with E-state index >= 15 is 0 Å². The molecule has 8 nitrogen and oxygen atoms in total. The number of rotatable bonds is 7. The van der Waals surface area contributed by atoms with Gasteiger partial charge in [-0.1, -0.05) is 11.6 Å². The Bertz CT molecular complexity index is 1120. The summed E-state index contributed by atoms with van der Waals surface area (Å²) in [5.74, 6) is 0.733. The Morgan fingerprint density at radius 1 is 1.43 bits per heavy atom. The fourth-order valence-corrected chi connectivity index (χ4v) is 4.63. The number of nitrogens with two attached hydrogens (primary N) is 1. The van der Waals surface area contributed by atoms with Crippen LogP contribution in [0.3, 0.4) is 0 Å². The summed E-state index contributed by atoms with van der Waals surface area (Å²) in [5, 5.41) is 7.41. The quantitative estimate of drug-likeness (QED) is 0.342. The first-order chi connectivity index (χ1) is 14.6. The van der Waals surface area contributed by atoms with Crippen LogP contribution in [0, 0.1) is 0 Å². The highest BCUT2D eigenvalue weighted by molar-refractivity contribution is 7.14. The predicted molar refractivity (Wildman–Crippen MR) is 121 cm³/mol. The molecule has 3 aromatic rings. The fraction of sp³-hybridized carbons (Fsp3) is 0.350. The molecule has 0 saturated heterocycles. The van der Waals surface area contributed by atoms with Crippen LogP contribution in [0.2, 0.25) is 5.02 Å². The molecule has 156 valence electrons. The molecule has 3 heterocycles. The van der Waals surface area contributed by atoms with Crippen LogP contribution >= 0.6 is 22.9 Å². The molecule has 0 aromatic carbocycles. The van der Waals surface area contributed by atoms with Gasteiger partial charge in [-0.15, -0.1) is 11.3 Å². The fourth-order valence-electron chi connectivity index (χ4n) is 3.40. The van der Waals surface area contributed by atoms with E-state index in [1.54, 1.807) is 24.7 Å². The number of ether oxygens (including phenoxy) is 1. The molecule has 0 saturated carbocycles. The second kappa shape index (κ2) is 9.03. The molecule has 1 aliphatic rings. The first-order valence-corrected chi connectivity index (χ1v) is 10.8. The van der Waals surface area contributed by atoms with E-state index in [1.165, 1.54) is 0 Å². The highest BCUT2D eigenvalue weighted by Crippen LogP contribution is 2.43. The topological polar surface area (TPSA) is 104 Å². The Morgan fingerprint density at radius 3 is 3.07 bits per heavy atom. The van der Waals surface area contributed by atoms with Gasteiger partial charge in [-0.25, -0.2) is 9.97 Å². The number of halogens is 1. The number of hydrogen-bond donors (Lipinski definition) is 1. The summed E-state index contributed by atoms with van der Waals surface area (Å²) in [6.45, 7) is 1.17. The second-order valence-electron chi connectivity index (χ2n) is 6.82. The molecule has 0 amide bonds. The largest absolute Gasteiger partial charge is 0.387 e. The van der Waals surface area contributed by atoms with Crippen molar-refractivity contribution in [3.05, 3.63) is 33.9 Å². The van der Waals surface area contributed by atoms with Crippen LogP contribution in [0.25, 0.3) is 21.8 Å². The molecular weight excluding hydrogens is 422 g/mol. The number of aliphatic imine (C=N–C) groups is 2. The summed E-state index contributed by atoms with van der Waals surface area (Å²) in [6.07, 6.45) is 5.66. The molecule has 1 aliphatic carbocycles. The smallest absolute Gasteiger partial charge is 0.251 e. The lowest BCUT2D eigenvalue weighted by atomic mass is 9.93. The lowest BCUT2D eigenvalue weighted by Gasteiger charge is -2.15. The molecule has 0 aliphatic heterocycles. The predicted octanol–water partition coefficient (Wildman–Crippen LogP) is 3.45. The molecule has 10 heteroatoms. The third-order valence-electron chi connectivity index (χ3n) is 4.77. The summed E-state index contributed by atoms with van der Waals surface area (Å²) in [6, 6.07) is 1.90. The second-order valence-corrected chi connectivity index (χ2v) is 8.15. The van der Waals surface area contributed by atoms with Crippen LogP contribution in [-0.2, 0) is 24.6 Å². The van der Waals surface area contributed by atoms with Gasteiger partial charge in [-0.05, 0) is 29.9 Å². The maximum Gasteiger partial charge on any atom is 0.251 e. The standard InChI is InChI=1S/C20H22ClN7OS/c1-28-18(19-13(21)6-10-30-19)16-14(27-28)4-3-12-11-24-20(26-17(12)16)25-15(22)5-7-23-8-9-29-2/h6-7,10-11H,3-5,8-9H2,1-2H3,(H2,22,24,25,26). The van der Waals surface area contributed by atoms with E-state index in [-0.39, 0.29) is 0 Å². The van der Waals surface area contributed by atoms with Gasteiger partial charge in [-0.2, -0.15) is 10.1 Å². The first kappa shape index (κ1) is 20.6. The van der Waals surface area contributed by atoms with Gasteiger partial charge in [0.1, 0.15) is 5.84 Å². The third kappa shape index (κ3) is 4.14. The number of nitrogens with zero attached hydrogens (tertiary/aromatic N) is 6.